The third-order valence-corrected chi connectivity index (χ3v) is 5.81. The topological polar surface area (TPSA) is 125 Å². The Morgan fingerprint density at radius 3 is 2.31 bits per heavy atom. The predicted octanol–water partition coefficient (Wildman–Crippen LogP) is 3.72. The zero-order valence-corrected chi connectivity index (χ0v) is 20.4. The van der Waals surface area contributed by atoms with E-state index in [2.05, 4.69) is 10.3 Å². The minimum absolute atomic E-state index is 0.0849. The third-order valence-electron chi connectivity index (χ3n) is 5.81. The summed E-state index contributed by atoms with van der Waals surface area (Å²) in [5.74, 6) is -1.69. The number of carboxylic acid groups (broad SMARTS) is 1. The van der Waals surface area contributed by atoms with Crippen LogP contribution >= 0.6 is 0 Å². The highest BCUT2D eigenvalue weighted by Gasteiger charge is 2.25. The molecule has 0 fully saturated rings. The van der Waals surface area contributed by atoms with E-state index in [1.54, 1.807) is 16.7 Å². The molecule has 3 aromatic rings. The number of carbonyl (C=O) groups is 2. The van der Waals surface area contributed by atoms with Gasteiger partial charge in [-0.1, -0.05) is 30.3 Å². The molecule has 9 heteroatoms. The SMILES string of the molecule is CC(C)n1c(C(=O)NCc2ccccc2)nc(-c2ccc(F)cc2)c1CCC(O)CC(O)CC(=O)O. The molecule has 36 heavy (non-hydrogen) atoms. The van der Waals surface area contributed by atoms with Crippen LogP contribution in [0.4, 0.5) is 4.39 Å². The van der Waals surface area contributed by atoms with Crippen molar-refractivity contribution in [2.45, 2.75) is 64.3 Å². The Kier molecular flexibility index (Phi) is 9.32. The summed E-state index contributed by atoms with van der Waals surface area (Å²) in [7, 11) is 0. The van der Waals surface area contributed by atoms with Gasteiger partial charge in [-0.2, -0.15) is 0 Å². The number of carbonyl (C=O) groups excluding carboxylic acids is 1. The van der Waals surface area contributed by atoms with E-state index in [1.165, 1.54) is 12.1 Å². The lowest BCUT2D eigenvalue weighted by atomic mass is 10.0. The van der Waals surface area contributed by atoms with Gasteiger partial charge >= 0.3 is 5.97 Å². The van der Waals surface area contributed by atoms with Crippen molar-refractivity contribution in [2.75, 3.05) is 0 Å². The molecule has 2 aromatic carbocycles. The highest BCUT2D eigenvalue weighted by molar-refractivity contribution is 5.92. The summed E-state index contributed by atoms with van der Waals surface area (Å²) in [6.45, 7) is 4.16. The molecule has 0 saturated carbocycles. The third kappa shape index (κ3) is 7.22. The molecule has 0 bridgehead atoms. The highest BCUT2D eigenvalue weighted by atomic mass is 19.1. The number of rotatable bonds is 12. The molecule has 1 amide bonds. The van der Waals surface area contributed by atoms with Gasteiger partial charge in [-0.25, -0.2) is 9.37 Å². The van der Waals surface area contributed by atoms with Crippen molar-refractivity contribution in [3.05, 3.63) is 77.5 Å². The number of halogens is 1. The van der Waals surface area contributed by atoms with Crippen molar-refractivity contribution in [2.24, 2.45) is 0 Å². The van der Waals surface area contributed by atoms with E-state index in [4.69, 9.17) is 5.11 Å². The monoisotopic (exact) mass is 497 g/mol. The zero-order chi connectivity index (χ0) is 26.2. The molecule has 1 heterocycles. The Bertz CT molecular complexity index is 1160. The van der Waals surface area contributed by atoms with Gasteiger partial charge in [0.05, 0.1) is 24.3 Å². The Morgan fingerprint density at radius 1 is 1.03 bits per heavy atom. The number of hydrogen-bond acceptors (Lipinski definition) is 5. The maximum atomic E-state index is 13.6. The van der Waals surface area contributed by atoms with Crippen LogP contribution < -0.4 is 5.32 Å². The van der Waals surface area contributed by atoms with Gasteiger partial charge in [-0.3, -0.25) is 9.59 Å². The minimum Gasteiger partial charge on any atom is -0.481 e. The normalized spacial score (nSPS) is 12.9. The summed E-state index contributed by atoms with van der Waals surface area (Å²) in [6.07, 6.45) is -2.12. The fraction of sp³-hybridized carbons (Fsp3) is 0.370. The Balaban J connectivity index is 1.90. The molecule has 0 spiro atoms. The molecule has 0 aliphatic carbocycles. The van der Waals surface area contributed by atoms with Crippen LogP contribution in [0.5, 0.6) is 0 Å². The molecule has 2 unspecified atom stereocenters. The van der Waals surface area contributed by atoms with E-state index >= 15 is 0 Å². The van der Waals surface area contributed by atoms with E-state index in [0.29, 0.717) is 29.9 Å². The van der Waals surface area contributed by atoms with E-state index in [0.717, 1.165) is 5.56 Å². The largest absolute Gasteiger partial charge is 0.481 e. The zero-order valence-electron chi connectivity index (χ0n) is 20.4. The molecule has 2 atom stereocenters. The average Bonchev–Trinajstić information content (AvgIpc) is 3.21. The Labute approximate surface area is 209 Å². The first kappa shape index (κ1) is 27.0. The number of benzene rings is 2. The minimum atomic E-state index is -1.16. The second kappa shape index (κ2) is 12.4. The number of aromatic nitrogens is 2. The summed E-state index contributed by atoms with van der Waals surface area (Å²) in [4.78, 5) is 28.6. The van der Waals surface area contributed by atoms with Crippen LogP contribution in [0.25, 0.3) is 11.3 Å². The van der Waals surface area contributed by atoms with Crippen LogP contribution in [0.2, 0.25) is 0 Å². The molecule has 4 N–H and O–H groups in total. The number of imidazole rings is 1. The maximum Gasteiger partial charge on any atom is 0.305 e. The Morgan fingerprint density at radius 2 is 1.69 bits per heavy atom. The summed E-state index contributed by atoms with van der Waals surface area (Å²) in [5.41, 5.74) is 2.76. The van der Waals surface area contributed by atoms with Gasteiger partial charge in [0.1, 0.15) is 5.82 Å². The van der Waals surface area contributed by atoms with Crippen molar-refractivity contribution in [3.8, 4) is 11.3 Å². The number of amides is 1. The lowest BCUT2D eigenvalue weighted by Gasteiger charge is -2.18. The van der Waals surface area contributed by atoms with Gasteiger partial charge in [0.25, 0.3) is 5.91 Å². The highest BCUT2D eigenvalue weighted by Crippen LogP contribution is 2.29. The summed E-state index contributed by atoms with van der Waals surface area (Å²) < 4.78 is 15.4. The second-order valence-corrected chi connectivity index (χ2v) is 9.05. The fourth-order valence-electron chi connectivity index (χ4n) is 4.14. The molecule has 0 saturated heterocycles. The van der Waals surface area contributed by atoms with Crippen LogP contribution in [0.3, 0.4) is 0 Å². The van der Waals surface area contributed by atoms with Crippen LogP contribution in [0.15, 0.2) is 54.6 Å². The van der Waals surface area contributed by atoms with Gasteiger partial charge in [0, 0.05) is 23.8 Å². The van der Waals surface area contributed by atoms with Gasteiger partial charge in [0.2, 0.25) is 0 Å². The van der Waals surface area contributed by atoms with E-state index in [-0.39, 0.29) is 30.6 Å². The number of hydrogen-bond donors (Lipinski definition) is 4. The molecule has 192 valence electrons. The van der Waals surface area contributed by atoms with Crippen molar-refractivity contribution >= 4 is 11.9 Å². The van der Waals surface area contributed by atoms with Crippen LogP contribution in [-0.4, -0.2) is 49.0 Å². The molecular formula is C27H32FN3O5. The number of nitrogens with zero attached hydrogens (tertiary/aromatic N) is 2. The van der Waals surface area contributed by atoms with Crippen molar-refractivity contribution in [3.63, 3.8) is 0 Å². The summed E-state index contributed by atoms with van der Waals surface area (Å²) in [6, 6.07) is 15.2. The predicted molar refractivity (Wildman–Crippen MR) is 133 cm³/mol. The quantitative estimate of drug-likeness (QED) is 0.302. The first-order valence-corrected chi connectivity index (χ1v) is 11.9. The lowest BCUT2D eigenvalue weighted by molar-refractivity contribution is -0.139. The molecule has 8 nitrogen and oxygen atoms in total. The number of carboxylic acids is 1. The van der Waals surface area contributed by atoms with Gasteiger partial charge in [-0.15, -0.1) is 0 Å². The van der Waals surface area contributed by atoms with Gasteiger partial charge in [-0.05, 0) is 62.9 Å². The lowest BCUT2D eigenvalue weighted by Crippen LogP contribution is -2.27. The molecule has 0 radical (unpaired) electrons. The van der Waals surface area contributed by atoms with Crippen LogP contribution in [0, 0.1) is 5.82 Å². The van der Waals surface area contributed by atoms with Crippen molar-refractivity contribution in [1.82, 2.24) is 14.9 Å². The summed E-state index contributed by atoms with van der Waals surface area (Å²) in [5, 5.41) is 32.0. The van der Waals surface area contributed by atoms with Gasteiger partial charge < -0.3 is 25.2 Å². The first-order valence-electron chi connectivity index (χ1n) is 11.9. The maximum absolute atomic E-state index is 13.6. The smallest absolute Gasteiger partial charge is 0.305 e. The van der Waals surface area contributed by atoms with E-state index in [9.17, 15) is 24.2 Å². The first-order chi connectivity index (χ1) is 17.2. The Hall–Kier alpha value is -3.56. The number of aliphatic carboxylic acids is 1. The number of nitrogens with one attached hydrogen (secondary N) is 1. The van der Waals surface area contributed by atoms with Crippen LogP contribution in [0.1, 0.15) is 61.0 Å². The summed E-state index contributed by atoms with van der Waals surface area (Å²) >= 11 is 0. The second-order valence-electron chi connectivity index (χ2n) is 9.05. The standard InChI is InChI=1S/C27H32FN3O5/c1-17(2)31-23(13-12-21(32)14-22(33)15-24(34)35)25(19-8-10-20(28)11-9-19)30-26(31)27(36)29-16-18-6-4-3-5-7-18/h3-11,17,21-22,32-33H,12-16H2,1-2H3,(H,29,36)(H,34,35). The number of aliphatic hydroxyl groups is 2. The van der Waals surface area contributed by atoms with E-state index < -0.39 is 30.4 Å². The van der Waals surface area contributed by atoms with E-state index in [1.807, 2.05) is 44.2 Å². The molecule has 3 rings (SSSR count). The molecular weight excluding hydrogens is 465 g/mol. The van der Waals surface area contributed by atoms with Gasteiger partial charge in [0.15, 0.2) is 5.82 Å². The van der Waals surface area contributed by atoms with Crippen molar-refractivity contribution in [1.29, 1.82) is 0 Å². The van der Waals surface area contributed by atoms with Crippen molar-refractivity contribution < 1.29 is 29.3 Å². The molecule has 0 aliphatic heterocycles. The van der Waals surface area contributed by atoms with Crippen LogP contribution in [-0.2, 0) is 17.8 Å². The number of aliphatic hydroxyl groups excluding tert-OH is 2. The molecule has 0 aliphatic rings. The fourth-order valence-corrected chi connectivity index (χ4v) is 4.14. The average molecular weight is 498 g/mol. The molecule has 1 aromatic heterocycles.